The smallest absolute Gasteiger partial charge is 0.343 e. The molecule has 6 heterocycles. The maximum Gasteiger partial charge on any atom is 0.343 e. The number of ether oxygens (including phenoxy) is 3. The molecule has 0 radical (unpaired) electrons. The van der Waals surface area contributed by atoms with E-state index in [4.69, 9.17) is 19.2 Å². The molecule has 44 heavy (non-hydrogen) atoms. The molecule has 0 aliphatic carbocycles. The van der Waals surface area contributed by atoms with Gasteiger partial charge in [0.1, 0.15) is 12.4 Å². The zero-order chi connectivity index (χ0) is 30.2. The molecule has 0 spiro atoms. The fourth-order valence-electron chi connectivity index (χ4n) is 6.89. The first-order valence-electron chi connectivity index (χ1n) is 15.0. The Labute approximate surface area is 252 Å². The molecule has 0 unspecified atom stereocenters. The lowest BCUT2D eigenvalue weighted by molar-refractivity contribution is -0.172. The number of benzene rings is 2. The minimum absolute atomic E-state index is 0.0598. The lowest BCUT2D eigenvalue weighted by atomic mass is 9.86. The highest BCUT2D eigenvalue weighted by Crippen LogP contribution is 2.43. The van der Waals surface area contributed by atoms with Gasteiger partial charge in [-0.15, -0.1) is 0 Å². The van der Waals surface area contributed by atoms with Gasteiger partial charge >= 0.3 is 5.97 Å². The van der Waals surface area contributed by atoms with Gasteiger partial charge in [-0.05, 0) is 61.1 Å². The number of nitrogens with zero attached hydrogens (tertiary/aromatic N) is 3. The fraction of sp³-hybridized carbons (Fsp3) is 0.324. The second-order valence-corrected chi connectivity index (χ2v) is 11.8. The molecule has 0 amide bonds. The van der Waals surface area contributed by atoms with E-state index >= 15 is 4.39 Å². The largest absolute Gasteiger partial charge is 0.458 e. The van der Waals surface area contributed by atoms with Gasteiger partial charge in [0.25, 0.3) is 5.56 Å². The van der Waals surface area contributed by atoms with Gasteiger partial charge in [0.05, 0.1) is 34.7 Å². The SMILES string of the molecule is CC[C@@]1(O)C(=O)OCc2c1cc1n(c2=O)Cc2c-1nc1cc3c(cc1c2/C=C/c1ccc(N2CCCCC2)c(F)c1)OCO3. The molecule has 4 aliphatic rings. The van der Waals surface area contributed by atoms with Gasteiger partial charge in [-0.3, -0.25) is 4.79 Å². The standard InChI is InChI=1S/C34H30FN3O6/c1-2-34(41)24-14-28-31-22(16-38(28)32(39)23(24)17-42-33(34)40)20(21-13-29-30(44-18-43-29)15-26(21)36-31)8-6-19-7-9-27(25(35)12-19)37-10-4-3-5-11-37/h6-9,12-15,41H,2-5,10-11,16-18H2,1H3/b8-6+/t34-/m0/s1. The van der Waals surface area contributed by atoms with E-state index in [2.05, 4.69) is 4.90 Å². The molecule has 2 aromatic carbocycles. The normalized spacial score (nSPS) is 20.2. The second-order valence-electron chi connectivity index (χ2n) is 11.8. The Balaban J connectivity index is 1.28. The van der Waals surface area contributed by atoms with Crippen LogP contribution in [0.2, 0.25) is 0 Å². The summed E-state index contributed by atoms with van der Waals surface area (Å²) < 4.78 is 33.4. The van der Waals surface area contributed by atoms with Gasteiger partial charge in [-0.1, -0.05) is 25.1 Å². The second kappa shape index (κ2) is 9.92. The van der Waals surface area contributed by atoms with Crippen LogP contribution in [0.5, 0.6) is 11.5 Å². The van der Waals surface area contributed by atoms with Crippen LogP contribution in [0.15, 0.2) is 41.2 Å². The van der Waals surface area contributed by atoms with E-state index in [1.165, 1.54) is 6.42 Å². The van der Waals surface area contributed by atoms with Crippen molar-refractivity contribution in [3.8, 4) is 22.9 Å². The molecule has 4 aliphatic heterocycles. The highest BCUT2D eigenvalue weighted by Gasteiger charge is 2.45. The van der Waals surface area contributed by atoms with Crippen molar-refractivity contribution >= 4 is 34.7 Å². The summed E-state index contributed by atoms with van der Waals surface area (Å²) in [6.45, 7) is 3.53. The van der Waals surface area contributed by atoms with Crippen molar-refractivity contribution in [2.24, 2.45) is 0 Å². The fourth-order valence-corrected chi connectivity index (χ4v) is 6.89. The summed E-state index contributed by atoms with van der Waals surface area (Å²) in [7, 11) is 0. The number of esters is 1. The number of pyridine rings is 2. The van der Waals surface area contributed by atoms with E-state index in [-0.39, 0.29) is 48.9 Å². The Morgan fingerprint density at radius 2 is 1.80 bits per heavy atom. The van der Waals surface area contributed by atoms with Gasteiger partial charge in [0, 0.05) is 35.7 Å². The van der Waals surface area contributed by atoms with Crippen LogP contribution in [-0.2, 0) is 28.3 Å². The van der Waals surface area contributed by atoms with Crippen molar-refractivity contribution in [2.45, 2.75) is 51.4 Å². The lowest BCUT2D eigenvalue weighted by Gasteiger charge is -2.31. The first kappa shape index (κ1) is 26.9. The van der Waals surface area contributed by atoms with E-state index < -0.39 is 11.6 Å². The summed E-state index contributed by atoms with van der Waals surface area (Å²) in [5.74, 6) is 0.139. The molecule has 8 rings (SSSR count). The third-order valence-electron chi connectivity index (χ3n) is 9.34. The predicted octanol–water partition coefficient (Wildman–Crippen LogP) is 5.11. The highest BCUT2D eigenvalue weighted by molar-refractivity contribution is 5.97. The van der Waals surface area contributed by atoms with Crippen LogP contribution in [0.3, 0.4) is 0 Å². The molecule has 1 saturated heterocycles. The van der Waals surface area contributed by atoms with E-state index in [9.17, 15) is 14.7 Å². The van der Waals surface area contributed by atoms with E-state index in [1.807, 2.05) is 30.4 Å². The zero-order valence-corrected chi connectivity index (χ0v) is 24.2. The van der Waals surface area contributed by atoms with Gasteiger partial charge < -0.3 is 28.8 Å². The summed E-state index contributed by atoms with van der Waals surface area (Å²) in [6.07, 6.45) is 7.15. The summed E-state index contributed by atoms with van der Waals surface area (Å²) in [5.41, 5.74) is 2.91. The van der Waals surface area contributed by atoms with Crippen LogP contribution in [0.4, 0.5) is 10.1 Å². The summed E-state index contributed by atoms with van der Waals surface area (Å²) >= 11 is 0. The number of aliphatic hydroxyl groups is 1. The number of piperidine rings is 1. The van der Waals surface area contributed by atoms with Crippen molar-refractivity contribution in [1.29, 1.82) is 0 Å². The third kappa shape index (κ3) is 3.97. The number of cyclic esters (lactones) is 1. The van der Waals surface area contributed by atoms with Crippen molar-refractivity contribution in [3.63, 3.8) is 0 Å². The minimum Gasteiger partial charge on any atom is -0.458 e. The molecule has 1 N–H and O–H groups in total. The minimum atomic E-state index is -1.92. The van der Waals surface area contributed by atoms with Gasteiger partial charge in [0.15, 0.2) is 17.1 Å². The van der Waals surface area contributed by atoms with Gasteiger partial charge in [0.2, 0.25) is 6.79 Å². The predicted molar refractivity (Wildman–Crippen MR) is 162 cm³/mol. The number of carbonyl (C=O) groups excluding carboxylic acids is 1. The first-order valence-corrected chi connectivity index (χ1v) is 15.0. The number of anilines is 1. The Hall–Kier alpha value is -4.70. The van der Waals surface area contributed by atoms with E-state index in [1.54, 1.807) is 29.7 Å². The molecule has 4 aromatic rings. The van der Waals surface area contributed by atoms with Crippen molar-refractivity contribution in [2.75, 3.05) is 24.8 Å². The number of hydrogen-bond acceptors (Lipinski definition) is 8. The molecule has 0 bridgehead atoms. The molecular formula is C34H30FN3O6. The zero-order valence-electron chi connectivity index (χ0n) is 24.2. The van der Waals surface area contributed by atoms with E-state index in [0.29, 0.717) is 39.7 Å². The molecule has 9 nitrogen and oxygen atoms in total. The maximum absolute atomic E-state index is 15.3. The Morgan fingerprint density at radius 3 is 2.57 bits per heavy atom. The summed E-state index contributed by atoms with van der Waals surface area (Å²) in [5, 5.41) is 12.0. The summed E-state index contributed by atoms with van der Waals surface area (Å²) in [6, 6.07) is 10.7. The molecule has 10 heteroatoms. The highest BCUT2D eigenvalue weighted by atomic mass is 19.1. The Bertz CT molecular complexity index is 1980. The van der Waals surface area contributed by atoms with Crippen LogP contribution in [0.1, 0.15) is 60.4 Å². The molecule has 0 saturated carbocycles. The number of carbonyl (C=O) groups is 1. The lowest BCUT2D eigenvalue weighted by Crippen LogP contribution is -2.44. The molecule has 2 aromatic heterocycles. The van der Waals surface area contributed by atoms with Crippen molar-refractivity contribution in [1.82, 2.24) is 9.55 Å². The number of halogens is 1. The number of hydrogen-bond donors (Lipinski definition) is 1. The maximum atomic E-state index is 15.3. The van der Waals surface area contributed by atoms with Crippen LogP contribution >= 0.6 is 0 Å². The average molecular weight is 596 g/mol. The first-order chi connectivity index (χ1) is 21.4. The van der Waals surface area contributed by atoms with Crippen LogP contribution in [-0.4, -0.2) is 40.5 Å². The van der Waals surface area contributed by atoms with Crippen molar-refractivity contribution in [3.05, 3.63) is 80.4 Å². The van der Waals surface area contributed by atoms with Crippen LogP contribution < -0.4 is 19.9 Å². The van der Waals surface area contributed by atoms with Crippen molar-refractivity contribution < 1.29 is 28.5 Å². The Morgan fingerprint density at radius 1 is 1.00 bits per heavy atom. The van der Waals surface area contributed by atoms with E-state index in [0.717, 1.165) is 42.4 Å². The molecular weight excluding hydrogens is 565 g/mol. The molecule has 1 fully saturated rings. The quantitative estimate of drug-likeness (QED) is 0.286. The third-order valence-corrected chi connectivity index (χ3v) is 9.34. The number of fused-ring (bicyclic) bond motifs is 6. The molecule has 1 atom stereocenters. The number of rotatable bonds is 4. The number of aromatic nitrogens is 2. The summed E-state index contributed by atoms with van der Waals surface area (Å²) in [4.78, 5) is 33.4. The topological polar surface area (TPSA) is 103 Å². The average Bonchev–Trinajstić information content (AvgIpc) is 3.65. The van der Waals surface area contributed by atoms with Gasteiger partial charge in [-0.2, -0.15) is 0 Å². The van der Waals surface area contributed by atoms with Crippen LogP contribution in [0, 0.1) is 5.82 Å². The van der Waals surface area contributed by atoms with Crippen LogP contribution in [0.25, 0.3) is 34.4 Å². The Kier molecular flexibility index (Phi) is 6.06. The monoisotopic (exact) mass is 595 g/mol. The van der Waals surface area contributed by atoms with Gasteiger partial charge in [-0.25, -0.2) is 14.2 Å². The molecule has 224 valence electrons.